The molecule has 20 heavy (non-hydrogen) atoms. The van der Waals surface area contributed by atoms with E-state index in [0.29, 0.717) is 0 Å². The molecule has 1 aromatic rings. The number of para-hydroxylation sites is 1. The Morgan fingerprint density at radius 2 is 1.75 bits per heavy atom. The van der Waals surface area contributed by atoms with Gasteiger partial charge in [-0.3, -0.25) is 4.79 Å². The van der Waals surface area contributed by atoms with Gasteiger partial charge in [0.25, 0.3) is 0 Å². The van der Waals surface area contributed by atoms with Crippen molar-refractivity contribution in [1.29, 1.82) is 0 Å². The Morgan fingerprint density at radius 1 is 1.10 bits per heavy atom. The minimum absolute atomic E-state index is 0.810. The van der Waals surface area contributed by atoms with Crippen LogP contribution in [0.25, 0.3) is 0 Å². The van der Waals surface area contributed by atoms with Crippen LogP contribution in [0.15, 0.2) is 24.3 Å². The summed E-state index contributed by atoms with van der Waals surface area (Å²) >= 11 is 5.38. The van der Waals surface area contributed by atoms with Crippen LogP contribution in [-0.4, -0.2) is 18.8 Å². The van der Waals surface area contributed by atoms with Crippen LogP contribution < -0.4 is 4.90 Å². The number of hydrogen-bond donors (Lipinski definition) is 0. The highest BCUT2D eigenvalue weighted by Crippen LogP contribution is 2.18. The number of carbonyl (C=O) groups excluding carboxylic acids is 1. The summed E-state index contributed by atoms with van der Waals surface area (Å²) in [5.74, 6) is 0.827. The lowest BCUT2D eigenvalue weighted by atomic mass is 10.2. The van der Waals surface area contributed by atoms with Gasteiger partial charge in [0.05, 0.1) is 0 Å². The number of halogens is 1. The molecule has 0 spiro atoms. The normalized spacial score (nSPS) is 9.60. The van der Waals surface area contributed by atoms with E-state index in [9.17, 15) is 4.79 Å². The van der Waals surface area contributed by atoms with E-state index in [-0.39, 0.29) is 0 Å². The predicted molar refractivity (Wildman–Crippen MR) is 89.7 cm³/mol. The summed E-state index contributed by atoms with van der Waals surface area (Å²) in [7, 11) is 0. The topological polar surface area (TPSA) is 20.3 Å². The monoisotopic (exact) mass is 297 g/mol. The zero-order valence-corrected chi connectivity index (χ0v) is 13.8. The molecule has 3 heteroatoms. The molecule has 1 aromatic carbocycles. The third kappa shape index (κ3) is 8.21. The molecule has 0 fully saturated rings. The highest BCUT2D eigenvalue weighted by atomic mass is 35.5. The summed E-state index contributed by atoms with van der Waals surface area (Å²) in [5.41, 5.74) is 2.17. The van der Waals surface area contributed by atoms with Crippen molar-refractivity contribution in [3.8, 4) is 0 Å². The number of amides is 1. The number of anilines is 1. The molecule has 0 aliphatic rings. The summed E-state index contributed by atoms with van der Waals surface area (Å²) in [6.45, 7) is 7.13. The number of unbranched alkanes of at least 4 members (excludes halogenated alkanes) is 3. The van der Waals surface area contributed by atoms with E-state index in [4.69, 9.17) is 11.6 Å². The first-order valence-electron chi connectivity index (χ1n) is 7.54. The van der Waals surface area contributed by atoms with E-state index in [0.717, 1.165) is 42.9 Å². The smallest absolute Gasteiger partial charge is 0.214 e. The largest absolute Gasteiger partial charge is 0.315 e. The first-order valence-corrected chi connectivity index (χ1v) is 8.08. The van der Waals surface area contributed by atoms with Crippen molar-refractivity contribution in [3.63, 3.8) is 0 Å². The molecule has 1 rings (SSSR count). The standard InChI is InChI=1S/C12H17NO.C5H11Cl/c1-3-4-9-13(10-14)12-8-6-5-7-11(12)2;1-2-3-4-5-6/h5-8,10H,3-4,9H2,1-2H3;2-5H2,1H3. The van der Waals surface area contributed by atoms with Crippen LogP contribution in [0.5, 0.6) is 0 Å². The number of carbonyl (C=O) groups is 1. The predicted octanol–water partition coefficient (Wildman–Crippen LogP) is 5.17. The van der Waals surface area contributed by atoms with Crippen molar-refractivity contribution < 1.29 is 4.79 Å². The first-order chi connectivity index (χ1) is 9.71. The van der Waals surface area contributed by atoms with Gasteiger partial charge < -0.3 is 4.90 Å². The molecule has 1 amide bonds. The van der Waals surface area contributed by atoms with Crippen molar-refractivity contribution in [2.45, 2.75) is 52.9 Å². The first kappa shape index (κ1) is 19.0. The van der Waals surface area contributed by atoms with Gasteiger partial charge in [-0.25, -0.2) is 0 Å². The highest BCUT2D eigenvalue weighted by molar-refractivity contribution is 6.17. The van der Waals surface area contributed by atoms with Gasteiger partial charge in [-0.15, -0.1) is 11.6 Å². The summed E-state index contributed by atoms with van der Waals surface area (Å²) < 4.78 is 0. The second kappa shape index (κ2) is 13.0. The minimum Gasteiger partial charge on any atom is -0.315 e. The Bertz CT molecular complexity index is 351. The Labute approximate surface area is 129 Å². The Morgan fingerprint density at radius 3 is 2.20 bits per heavy atom. The van der Waals surface area contributed by atoms with E-state index in [2.05, 4.69) is 13.8 Å². The van der Waals surface area contributed by atoms with E-state index < -0.39 is 0 Å². The second-order valence-electron chi connectivity index (χ2n) is 4.83. The molecule has 114 valence electrons. The lowest BCUT2D eigenvalue weighted by Crippen LogP contribution is -2.22. The molecule has 0 heterocycles. The molecule has 0 N–H and O–H groups in total. The van der Waals surface area contributed by atoms with Gasteiger partial charge in [0, 0.05) is 18.1 Å². The molecule has 0 saturated heterocycles. The van der Waals surface area contributed by atoms with Gasteiger partial charge in [0.1, 0.15) is 0 Å². The molecule has 0 radical (unpaired) electrons. The minimum atomic E-state index is 0.810. The molecule has 0 atom stereocenters. The molecule has 2 nitrogen and oxygen atoms in total. The Hall–Kier alpha value is -1.02. The van der Waals surface area contributed by atoms with E-state index >= 15 is 0 Å². The molecule has 0 aliphatic carbocycles. The van der Waals surface area contributed by atoms with Crippen molar-refractivity contribution in [3.05, 3.63) is 29.8 Å². The lowest BCUT2D eigenvalue weighted by molar-refractivity contribution is -0.107. The van der Waals surface area contributed by atoms with E-state index in [1.54, 1.807) is 4.90 Å². The van der Waals surface area contributed by atoms with Crippen LogP contribution in [0.1, 0.15) is 51.5 Å². The molecular weight excluding hydrogens is 270 g/mol. The van der Waals surface area contributed by atoms with Crippen LogP contribution in [0.2, 0.25) is 0 Å². The quantitative estimate of drug-likeness (QED) is 0.368. The SMILES string of the molecule is CCCCCCl.CCCCN(C=O)c1ccccc1C. The summed E-state index contributed by atoms with van der Waals surface area (Å²) in [5, 5.41) is 0. The number of alkyl halides is 1. The third-order valence-electron chi connectivity index (χ3n) is 3.04. The van der Waals surface area contributed by atoms with Gasteiger partial charge in [-0.1, -0.05) is 51.3 Å². The number of nitrogens with zero attached hydrogens (tertiary/aromatic N) is 1. The van der Waals surface area contributed by atoms with Gasteiger partial charge in [0.15, 0.2) is 0 Å². The molecule has 0 saturated carbocycles. The van der Waals surface area contributed by atoms with E-state index in [1.165, 1.54) is 19.3 Å². The van der Waals surface area contributed by atoms with Crippen LogP contribution in [0.3, 0.4) is 0 Å². The maximum absolute atomic E-state index is 10.9. The number of benzene rings is 1. The molecule has 0 bridgehead atoms. The fourth-order valence-corrected chi connectivity index (χ4v) is 1.98. The fraction of sp³-hybridized carbons (Fsp3) is 0.588. The average molecular weight is 298 g/mol. The number of hydrogen-bond acceptors (Lipinski definition) is 1. The summed E-state index contributed by atoms with van der Waals surface area (Å²) in [6.07, 6.45) is 6.80. The fourth-order valence-electron chi connectivity index (χ4n) is 1.79. The maximum atomic E-state index is 10.9. The lowest BCUT2D eigenvalue weighted by Gasteiger charge is -2.18. The summed E-state index contributed by atoms with van der Waals surface area (Å²) in [6, 6.07) is 7.96. The Kier molecular flexibility index (Phi) is 12.3. The number of rotatable bonds is 8. The van der Waals surface area contributed by atoms with Crippen LogP contribution in [0.4, 0.5) is 5.69 Å². The van der Waals surface area contributed by atoms with Crippen molar-refractivity contribution in [2.75, 3.05) is 17.3 Å². The third-order valence-corrected chi connectivity index (χ3v) is 3.31. The zero-order chi connectivity index (χ0) is 15.2. The molecule has 0 aromatic heterocycles. The van der Waals surface area contributed by atoms with Crippen molar-refractivity contribution in [2.24, 2.45) is 0 Å². The Balaban J connectivity index is 0.000000511. The molecular formula is C17H28ClNO. The van der Waals surface area contributed by atoms with Gasteiger partial charge >= 0.3 is 0 Å². The number of aryl methyl sites for hydroxylation is 1. The molecule has 0 aliphatic heterocycles. The highest BCUT2D eigenvalue weighted by Gasteiger charge is 2.05. The second-order valence-corrected chi connectivity index (χ2v) is 5.21. The van der Waals surface area contributed by atoms with Crippen LogP contribution in [-0.2, 0) is 4.79 Å². The van der Waals surface area contributed by atoms with Gasteiger partial charge in [-0.05, 0) is 31.4 Å². The molecule has 0 unspecified atom stereocenters. The van der Waals surface area contributed by atoms with Crippen LogP contribution >= 0.6 is 11.6 Å². The maximum Gasteiger partial charge on any atom is 0.214 e. The van der Waals surface area contributed by atoms with Gasteiger partial charge in [-0.2, -0.15) is 0 Å². The van der Waals surface area contributed by atoms with Crippen molar-refractivity contribution in [1.82, 2.24) is 0 Å². The zero-order valence-electron chi connectivity index (χ0n) is 13.1. The average Bonchev–Trinajstić information content (AvgIpc) is 2.48. The van der Waals surface area contributed by atoms with Crippen molar-refractivity contribution >= 4 is 23.7 Å². The van der Waals surface area contributed by atoms with E-state index in [1.807, 2.05) is 31.2 Å². The summed E-state index contributed by atoms with van der Waals surface area (Å²) in [4.78, 5) is 12.7. The van der Waals surface area contributed by atoms with Crippen LogP contribution in [0, 0.1) is 6.92 Å². The van der Waals surface area contributed by atoms with Gasteiger partial charge in [0.2, 0.25) is 6.41 Å².